The molecule has 1 aliphatic rings. The number of rotatable bonds is 6. The molecule has 4 rings (SSSR count). The average Bonchev–Trinajstić information content (AvgIpc) is 3.24. The van der Waals surface area contributed by atoms with E-state index in [0.717, 1.165) is 4.80 Å². The molecule has 0 aromatic carbocycles. The maximum atomic E-state index is 12.7. The largest absolute Gasteiger partial charge is 0.534 e. The zero-order chi connectivity index (χ0) is 23.1. The lowest BCUT2D eigenvalue weighted by Gasteiger charge is -2.10. The second kappa shape index (κ2) is 7.84. The molecular weight excluding hydrogens is 475 g/mol. The Hall–Kier alpha value is -3.58. The molecule has 0 radical (unpaired) electrons. The molecule has 1 amide bonds. The highest BCUT2D eigenvalue weighted by Crippen LogP contribution is 2.48. The minimum atomic E-state index is -5.93. The molecule has 1 N–H and O–H groups in total. The van der Waals surface area contributed by atoms with Gasteiger partial charge in [0.2, 0.25) is 5.88 Å². The summed E-state index contributed by atoms with van der Waals surface area (Å²) in [5.41, 5.74) is -5.48. The van der Waals surface area contributed by atoms with Gasteiger partial charge in [-0.3, -0.25) is 4.79 Å². The summed E-state index contributed by atoms with van der Waals surface area (Å²) in [7, 11) is -5.93. The second-order valence-electron chi connectivity index (χ2n) is 6.47. The van der Waals surface area contributed by atoms with Gasteiger partial charge < -0.3 is 9.50 Å². The van der Waals surface area contributed by atoms with Crippen molar-refractivity contribution in [3.8, 4) is 17.8 Å². The number of aromatic nitrogens is 5. The number of alkyl halides is 3. The summed E-state index contributed by atoms with van der Waals surface area (Å²) in [6.07, 6.45) is 5.08. The molecule has 0 bridgehead atoms. The Balaban J connectivity index is 1.61. The van der Waals surface area contributed by atoms with E-state index in [9.17, 15) is 31.6 Å². The molecule has 1 saturated carbocycles. The van der Waals surface area contributed by atoms with Crippen LogP contribution in [0.3, 0.4) is 0 Å². The molecule has 3 heterocycles. The predicted octanol–water partition coefficient (Wildman–Crippen LogP) is 2.35. The number of halogens is 3. The Labute approximate surface area is 181 Å². The zero-order valence-corrected chi connectivity index (χ0v) is 17.2. The lowest BCUT2D eigenvalue weighted by molar-refractivity contribution is -0.0501. The van der Waals surface area contributed by atoms with Crippen LogP contribution in [0.1, 0.15) is 39.6 Å². The van der Waals surface area contributed by atoms with E-state index in [1.807, 2.05) is 6.07 Å². The first-order valence-corrected chi connectivity index (χ1v) is 10.9. The fraction of sp³-hybridized carbons (Fsp3) is 0.250. The molecule has 1 fully saturated rings. The first kappa shape index (κ1) is 21.6. The number of anilines is 1. The fourth-order valence-electron chi connectivity index (χ4n) is 2.67. The lowest BCUT2D eigenvalue weighted by Crippen LogP contribution is -2.28. The highest BCUT2D eigenvalue weighted by molar-refractivity contribution is 7.88. The Bertz CT molecular complexity index is 1330. The molecule has 0 atom stereocenters. The van der Waals surface area contributed by atoms with E-state index >= 15 is 0 Å². The van der Waals surface area contributed by atoms with Crippen molar-refractivity contribution in [2.75, 3.05) is 5.32 Å². The van der Waals surface area contributed by atoms with E-state index in [2.05, 4.69) is 29.1 Å². The smallest absolute Gasteiger partial charge is 0.354 e. The molecule has 3 aromatic rings. The van der Waals surface area contributed by atoms with Gasteiger partial charge in [0.05, 0.1) is 24.3 Å². The molecule has 0 aliphatic heterocycles. The van der Waals surface area contributed by atoms with Gasteiger partial charge in [-0.15, -0.1) is 4.80 Å². The van der Waals surface area contributed by atoms with E-state index < -0.39 is 27.4 Å². The number of carbonyl (C=O) groups is 1. The van der Waals surface area contributed by atoms with E-state index in [1.54, 1.807) is 0 Å². The molecular formula is C16H10F3N7O4S2. The van der Waals surface area contributed by atoms with Gasteiger partial charge in [-0.1, -0.05) is 0 Å². The Morgan fingerprint density at radius 2 is 2.00 bits per heavy atom. The quantitative estimate of drug-likeness (QED) is 0.409. The van der Waals surface area contributed by atoms with E-state index in [-0.39, 0.29) is 33.4 Å². The Morgan fingerprint density at radius 1 is 1.31 bits per heavy atom. The number of hydrogen-bond donors (Lipinski definition) is 1. The number of hydrogen-bond acceptors (Lipinski definition) is 10. The number of amides is 1. The highest BCUT2D eigenvalue weighted by Gasteiger charge is 2.50. The molecule has 32 heavy (non-hydrogen) atoms. The van der Waals surface area contributed by atoms with Crippen molar-refractivity contribution in [3.63, 3.8) is 0 Å². The summed E-state index contributed by atoms with van der Waals surface area (Å²) in [5, 5.41) is 19.6. The standard InChI is InChI=1S/C16H10F3N7O4S2/c17-16(18,19)32(28,29)30-15-11(8-1-2-8)12(31-25-15)14(27)24-10-5-9(6-20)13(21-7-10)26-22-3-4-23-26/h3-5,7-8H,1-2H2,(H,24,27). The molecule has 11 nitrogen and oxygen atoms in total. The number of pyridine rings is 1. The molecule has 3 aromatic heterocycles. The van der Waals surface area contributed by atoms with Gasteiger partial charge in [0.15, 0.2) is 5.82 Å². The summed E-state index contributed by atoms with van der Waals surface area (Å²) in [4.78, 5) is 17.8. The van der Waals surface area contributed by atoms with E-state index in [1.165, 1.54) is 24.7 Å². The van der Waals surface area contributed by atoms with Crippen molar-refractivity contribution in [3.05, 3.63) is 40.7 Å². The predicted molar refractivity (Wildman–Crippen MR) is 102 cm³/mol. The molecule has 0 spiro atoms. The molecule has 166 valence electrons. The van der Waals surface area contributed by atoms with Crippen LogP contribution in [0.25, 0.3) is 5.82 Å². The summed E-state index contributed by atoms with van der Waals surface area (Å²) in [6, 6.07) is 3.22. The average molecular weight is 485 g/mol. The van der Waals surface area contributed by atoms with Gasteiger partial charge in [0, 0.05) is 5.56 Å². The summed E-state index contributed by atoms with van der Waals surface area (Å²) < 4.78 is 68.5. The summed E-state index contributed by atoms with van der Waals surface area (Å²) >= 11 is 0.506. The van der Waals surface area contributed by atoms with Gasteiger partial charge in [-0.25, -0.2) is 4.98 Å². The third-order valence-corrected chi connectivity index (χ3v) is 6.00. The van der Waals surface area contributed by atoms with Gasteiger partial charge in [-0.2, -0.15) is 41.4 Å². The highest BCUT2D eigenvalue weighted by atomic mass is 32.2. The van der Waals surface area contributed by atoms with Crippen LogP contribution in [0, 0.1) is 11.3 Å². The monoisotopic (exact) mass is 485 g/mol. The van der Waals surface area contributed by atoms with Gasteiger partial charge >= 0.3 is 15.6 Å². The molecule has 1 aliphatic carbocycles. The van der Waals surface area contributed by atoms with E-state index in [0.29, 0.717) is 24.4 Å². The van der Waals surface area contributed by atoms with Crippen LogP contribution in [-0.4, -0.2) is 44.2 Å². The van der Waals surface area contributed by atoms with Crippen molar-refractivity contribution >= 4 is 33.2 Å². The minimum absolute atomic E-state index is 0.00819. The van der Waals surface area contributed by atoms with Crippen LogP contribution in [0.15, 0.2) is 24.7 Å². The van der Waals surface area contributed by atoms with Crippen molar-refractivity contribution in [1.29, 1.82) is 5.26 Å². The normalized spacial score (nSPS) is 14.1. The number of nitrogens with one attached hydrogen (secondary N) is 1. The first-order chi connectivity index (χ1) is 15.1. The van der Waals surface area contributed by atoms with Crippen LogP contribution in [-0.2, 0) is 10.1 Å². The van der Waals surface area contributed by atoms with Crippen LogP contribution in [0.5, 0.6) is 5.88 Å². The zero-order valence-electron chi connectivity index (χ0n) is 15.6. The molecule has 16 heteroatoms. The first-order valence-electron chi connectivity index (χ1n) is 8.69. The van der Waals surface area contributed by atoms with Crippen LogP contribution in [0.2, 0.25) is 0 Å². The van der Waals surface area contributed by atoms with Gasteiger partial charge in [0.1, 0.15) is 16.5 Å². The fourth-order valence-corrected chi connectivity index (χ4v) is 3.94. The molecule has 0 saturated heterocycles. The third-order valence-electron chi connectivity index (χ3n) is 4.21. The van der Waals surface area contributed by atoms with Crippen LogP contribution in [0.4, 0.5) is 18.9 Å². The van der Waals surface area contributed by atoms with E-state index in [4.69, 9.17) is 0 Å². The topological polar surface area (TPSA) is 153 Å². The minimum Gasteiger partial charge on any atom is -0.354 e. The maximum absolute atomic E-state index is 12.7. The van der Waals surface area contributed by atoms with Gasteiger partial charge in [-0.05, 0) is 36.4 Å². The lowest BCUT2D eigenvalue weighted by atomic mass is 10.1. The number of nitriles is 1. The maximum Gasteiger partial charge on any atom is 0.534 e. The number of carbonyl (C=O) groups excluding carboxylic acids is 1. The van der Waals surface area contributed by atoms with Crippen molar-refractivity contribution in [2.45, 2.75) is 24.3 Å². The summed E-state index contributed by atoms with van der Waals surface area (Å²) in [5.74, 6) is -1.76. The third kappa shape index (κ3) is 4.11. The molecule has 0 unspecified atom stereocenters. The number of nitrogens with zero attached hydrogens (tertiary/aromatic N) is 6. The SMILES string of the molecule is N#Cc1cc(NC(=O)c2snc(OS(=O)(=O)C(F)(F)F)c2C2CC2)cnc1-n1nccn1. The summed E-state index contributed by atoms with van der Waals surface area (Å²) in [6.45, 7) is 0. The van der Waals surface area contributed by atoms with Crippen molar-refractivity contribution in [2.24, 2.45) is 0 Å². The van der Waals surface area contributed by atoms with Gasteiger partial charge in [0.25, 0.3) is 5.91 Å². The van der Waals surface area contributed by atoms with Crippen LogP contribution < -0.4 is 9.50 Å². The van der Waals surface area contributed by atoms with Crippen LogP contribution >= 0.6 is 11.5 Å². The Kier molecular flexibility index (Phi) is 5.30. The van der Waals surface area contributed by atoms with Crippen molar-refractivity contribution < 1.29 is 30.6 Å². The second-order valence-corrected chi connectivity index (χ2v) is 8.78. The van der Waals surface area contributed by atoms with Crippen molar-refractivity contribution in [1.82, 2.24) is 24.4 Å². The Morgan fingerprint density at radius 3 is 2.59 bits per heavy atom.